The molecule has 26 heavy (non-hydrogen) atoms. The van der Waals surface area contributed by atoms with E-state index < -0.39 is 18.0 Å². The van der Waals surface area contributed by atoms with E-state index in [-0.39, 0.29) is 17.4 Å². The molecule has 0 fully saturated rings. The Hall–Kier alpha value is -2.76. The number of carbonyl (C=O) groups is 1. The van der Waals surface area contributed by atoms with Crippen LogP contribution < -0.4 is 21.2 Å². The molecule has 1 rings (SSSR count). The highest BCUT2D eigenvalue weighted by Gasteiger charge is 2.31. The molecule has 0 aromatic heterocycles. The molecule has 0 heterocycles. The van der Waals surface area contributed by atoms with Gasteiger partial charge in [-0.3, -0.25) is 4.79 Å². The van der Waals surface area contributed by atoms with Crippen LogP contribution in [0.2, 0.25) is 0 Å². The first-order valence-electron chi connectivity index (χ1n) is 7.12. The second kappa shape index (κ2) is 10.3. The molecule has 142 valence electrons. The van der Waals surface area contributed by atoms with Gasteiger partial charge in [-0.2, -0.15) is 5.10 Å². The van der Waals surface area contributed by atoms with Crippen LogP contribution in [0.4, 0.5) is 13.2 Å². The number of allylic oxidation sites excluding steroid dienone is 1. The van der Waals surface area contributed by atoms with E-state index in [2.05, 4.69) is 30.2 Å². The molecule has 0 aliphatic carbocycles. The number of nitrogens with two attached hydrogens (primary N) is 1. The molecule has 0 spiro atoms. The van der Waals surface area contributed by atoms with Crippen molar-refractivity contribution in [3.05, 3.63) is 41.7 Å². The standard InChI is InChI=1S/C14H17F3N6O2S/c1-3-11(21-23-26-13(18)22-19-2)20-12(24)8-9-5-4-6-10(7-9)25-14(15,16)17/h3-7,19H,8H2,1-2H3,(H2,18,22)(H,20,24)/b11-3-,23-21?. The predicted molar refractivity (Wildman–Crippen MR) is 91.9 cm³/mol. The molecule has 0 saturated carbocycles. The van der Waals surface area contributed by atoms with Gasteiger partial charge in [0, 0.05) is 7.05 Å². The average Bonchev–Trinajstić information content (AvgIpc) is 2.52. The molecular weight excluding hydrogens is 373 g/mol. The van der Waals surface area contributed by atoms with E-state index in [1.807, 2.05) is 0 Å². The summed E-state index contributed by atoms with van der Waals surface area (Å²) in [4.78, 5) is 12.0. The molecule has 0 saturated heterocycles. The van der Waals surface area contributed by atoms with Gasteiger partial charge in [0.05, 0.1) is 18.4 Å². The molecule has 0 atom stereocenters. The first-order valence-corrected chi connectivity index (χ1v) is 7.89. The summed E-state index contributed by atoms with van der Waals surface area (Å²) in [5.41, 5.74) is 8.29. The number of hydrogen-bond acceptors (Lipinski definition) is 7. The van der Waals surface area contributed by atoms with E-state index in [1.54, 1.807) is 14.0 Å². The van der Waals surface area contributed by atoms with Crippen molar-refractivity contribution in [2.45, 2.75) is 19.7 Å². The highest BCUT2D eigenvalue weighted by atomic mass is 32.2. The number of carbonyl (C=O) groups excluding carboxylic acids is 1. The lowest BCUT2D eigenvalue weighted by molar-refractivity contribution is -0.274. The van der Waals surface area contributed by atoms with Crippen molar-refractivity contribution >= 4 is 23.0 Å². The van der Waals surface area contributed by atoms with Crippen LogP contribution in [-0.2, 0) is 11.2 Å². The third kappa shape index (κ3) is 8.92. The Kier molecular flexibility index (Phi) is 8.42. The fourth-order valence-electron chi connectivity index (χ4n) is 1.62. The summed E-state index contributed by atoms with van der Waals surface area (Å²) in [6.07, 6.45) is -3.47. The van der Waals surface area contributed by atoms with E-state index in [4.69, 9.17) is 5.73 Å². The van der Waals surface area contributed by atoms with Gasteiger partial charge in [-0.15, -0.1) is 22.8 Å². The Labute approximate surface area is 151 Å². The van der Waals surface area contributed by atoms with Gasteiger partial charge in [0.1, 0.15) is 5.75 Å². The van der Waals surface area contributed by atoms with Gasteiger partial charge >= 0.3 is 6.36 Å². The zero-order chi connectivity index (χ0) is 19.6. The van der Waals surface area contributed by atoms with Gasteiger partial charge in [-0.1, -0.05) is 12.1 Å². The summed E-state index contributed by atoms with van der Waals surface area (Å²) in [6, 6.07) is 5.15. The van der Waals surface area contributed by atoms with Crippen molar-refractivity contribution < 1.29 is 22.7 Å². The third-order valence-electron chi connectivity index (χ3n) is 2.54. The summed E-state index contributed by atoms with van der Waals surface area (Å²) in [7, 11) is 1.57. The number of benzene rings is 1. The van der Waals surface area contributed by atoms with Gasteiger partial charge in [0.15, 0.2) is 5.82 Å². The molecule has 0 bridgehead atoms. The Balaban J connectivity index is 2.63. The molecule has 0 aliphatic heterocycles. The number of nitrogens with one attached hydrogen (secondary N) is 2. The zero-order valence-corrected chi connectivity index (χ0v) is 14.7. The van der Waals surface area contributed by atoms with Gasteiger partial charge in [0.2, 0.25) is 11.1 Å². The summed E-state index contributed by atoms with van der Waals surface area (Å²) in [5, 5.41) is 10.0. The molecular formula is C14H17F3N6O2S. The van der Waals surface area contributed by atoms with E-state index in [0.29, 0.717) is 5.56 Å². The number of alkyl halides is 3. The molecule has 1 amide bonds. The normalized spacial score (nSPS) is 13.0. The van der Waals surface area contributed by atoms with E-state index in [1.165, 1.54) is 18.2 Å². The highest BCUT2D eigenvalue weighted by Crippen LogP contribution is 2.23. The van der Waals surface area contributed by atoms with Crippen LogP contribution in [-0.4, -0.2) is 24.5 Å². The maximum atomic E-state index is 12.2. The Bertz CT molecular complexity index is 706. The van der Waals surface area contributed by atoms with Crippen LogP contribution in [0.15, 0.2) is 50.9 Å². The van der Waals surface area contributed by atoms with Crippen molar-refractivity contribution in [2.24, 2.45) is 20.5 Å². The highest BCUT2D eigenvalue weighted by molar-refractivity contribution is 8.12. The summed E-state index contributed by atoms with van der Waals surface area (Å²) < 4.78 is 44.2. The van der Waals surface area contributed by atoms with Crippen molar-refractivity contribution in [2.75, 3.05) is 7.05 Å². The van der Waals surface area contributed by atoms with Crippen LogP contribution in [0.5, 0.6) is 5.75 Å². The zero-order valence-electron chi connectivity index (χ0n) is 13.9. The summed E-state index contributed by atoms with van der Waals surface area (Å²) in [6.45, 7) is 1.63. The second-order valence-electron chi connectivity index (χ2n) is 4.54. The molecule has 8 nitrogen and oxygen atoms in total. The minimum atomic E-state index is -4.80. The molecule has 12 heteroatoms. The molecule has 0 aliphatic rings. The molecule has 0 unspecified atom stereocenters. The van der Waals surface area contributed by atoms with Crippen LogP contribution in [0.1, 0.15) is 12.5 Å². The lowest BCUT2D eigenvalue weighted by Crippen LogP contribution is -2.23. The number of rotatable bonds is 7. The Morgan fingerprint density at radius 2 is 2.15 bits per heavy atom. The smallest absolute Gasteiger partial charge is 0.406 e. The maximum Gasteiger partial charge on any atom is 0.573 e. The monoisotopic (exact) mass is 390 g/mol. The summed E-state index contributed by atoms with van der Waals surface area (Å²) in [5.74, 6) is -0.727. The van der Waals surface area contributed by atoms with Crippen LogP contribution in [0.25, 0.3) is 0 Å². The van der Waals surface area contributed by atoms with Gasteiger partial charge in [0.25, 0.3) is 0 Å². The Morgan fingerprint density at radius 3 is 2.77 bits per heavy atom. The number of amidine groups is 1. The van der Waals surface area contributed by atoms with E-state index in [9.17, 15) is 18.0 Å². The van der Waals surface area contributed by atoms with Crippen molar-refractivity contribution in [1.29, 1.82) is 0 Å². The number of halogens is 3. The number of nitrogens with zero attached hydrogens (tertiary/aromatic N) is 3. The molecule has 1 aromatic rings. The topological polar surface area (TPSA) is 113 Å². The fourth-order valence-corrected chi connectivity index (χ4v) is 1.96. The first kappa shape index (κ1) is 21.3. The van der Waals surface area contributed by atoms with Gasteiger partial charge in [-0.05, 0) is 30.7 Å². The summed E-state index contributed by atoms with van der Waals surface area (Å²) >= 11 is 0.791. The molecule has 0 radical (unpaired) electrons. The fraction of sp³-hybridized carbons (Fsp3) is 0.286. The first-order chi connectivity index (χ1) is 12.2. The average molecular weight is 390 g/mol. The van der Waals surface area contributed by atoms with Crippen molar-refractivity contribution in [3.63, 3.8) is 0 Å². The van der Waals surface area contributed by atoms with E-state index in [0.717, 1.165) is 24.1 Å². The lowest BCUT2D eigenvalue weighted by Gasteiger charge is -2.10. The Morgan fingerprint density at radius 1 is 1.42 bits per heavy atom. The van der Waals surface area contributed by atoms with E-state index >= 15 is 0 Å². The van der Waals surface area contributed by atoms with Crippen molar-refractivity contribution in [3.8, 4) is 5.75 Å². The third-order valence-corrected chi connectivity index (χ3v) is 2.98. The van der Waals surface area contributed by atoms with Crippen LogP contribution >= 0.6 is 11.9 Å². The van der Waals surface area contributed by atoms with Crippen LogP contribution in [0, 0.1) is 0 Å². The molecule has 1 aromatic carbocycles. The number of amides is 1. The van der Waals surface area contributed by atoms with Gasteiger partial charge < -0.3 is 21.2 Å². The van der Waals surface area contributed by atoms with Crippen molar-refractivity contribution in [1.82, 2.24) is 10.7 Å². The largest absolute Gasteiger partial charge is 0.573 e. The predicted octanol–water partition coefficient (Wildman–Crippen LogP) is 2.65. The second-order valence-corrected chi connectivity index (χ2v) is 5.30. The number of hydrogen-bond donors (Lipinski definition) is 3. The maximum absolute atomic E-state index is 12.2. The quantitative estimate of drug-likeness (QED) is 0.218. The lowest BCUT2D eigenvalue weighted by atomic mass is 10.1. The molecule has 4 N–H and O–H groups in total. The number of ether oxygens (including phenoxy) is 1. The number of hydrazone groups is 1. The van der Waals surface area contributed by atoms with Gasteiger partial charge in [-0.25, -0.2) is 0 Å². The minimum absolute atomic E-state index is 0.125. The van der Waals surface area contributed by atoms with Crippen LogP contribution in [0.3, 0.4) is 0 Å². The minimum Gasteiger partial charge on any atom is -0.406 e. The SMILES string of the molecule is C/C=C(\N=NS/C(N)=N\NC)NC(=O)Cc1cccc(OC(F)(F)F)c1.